The van der Waals surface area contributed by atoms with Crippen molar-refractivity contribution in [1.29, 1.82) is 0 Å². The third-order valence-corrected chi connectivity index (χ3v) is 1.78. The van der Waals surface area contributed by atoms with Gasteiger partial charge >= 0.3 is 6.09 Å². The number of amides is 1. The predicted molar refractivity (Wildman–Crippen MR) is 62.2 cm³/mol. The zero-order chi connectivity index (χ0) is 11.9. The summed E-state index contributed by atoms with van der Waals surface area (Å²) >= 11 is 4.63. The fraction of sp³-hybridized carbons (Fsp3) is 0.800. The summed E-state index contributed by atoms with van der Waals surface area (Å²) in [7, 11) is 0. The number of unbranched alkanes of at least 4 members (excludes halogenated alkanes) is 1. The minimum absolute atomic E-state index is 0.450. The van der Waals surface area contributed by atoms with Gasteiger partial charge in [0.25, 0.3) is 5.16 Å². The molecular weight excluding hydrogens is 212 g/mol. The normalized spacial score (nSPS) is 10.7. The molecule has 0 heterocycles. The summed E-state index contributed by atoms with van der Waals surface area (Å²) in [6.45, 7) is 6.56. The average Bonchev–Trinajstić information content (AvgIpc) is 2.09. The lowest BCUT2D eigenvalue weighted by atomic mass is 10.2. The summed E-state index contributed by atoms with van der Waals surface area (Å²) in [6.07, 6.45) is 1.21. The molecule has 0 aromatic rings. The van der Waals surface area contributed by atoms with Gasteiger partial charge in [0, 0.05) is 18.6 Å². The number of hydrogen-bond acceptors (Lipinski definition) is 4. The molecule has 0 aliphatic carbocycles. The number of carbonyl (C=O) groups excluding carboxylic acids is 1. The van der Waals surface area contributed by atoms with Crippen molar-refractivity contribution in [3.05, 3.63) is 0 Å². The average molecular weight is 231 g/mol. The third-order valence-electron chi connectivity index (χ3n) is 1.56. The Morgan fingerprint density at radius 1 is 1.47 bits per heavy atom. The van der Waals surface area contributed by atoms with Crippen LogP contribution in [0.2, 0.25) is 0 Å². The van der Waals surface area contributed by atoms with Crippen LogP contribution in [0.4, 0.5) is 4.79 Å². The Morgan fingerprint density at radius 2 is 2.07 bits per heavy atom. The largest absolute Gasteiger partial charge is 0.607 e. The molecule has 4 nitrogen and oxygen atoms in total. The van der Waals surface area contributed by atoms with Crippen LogP contribution >= 0.6 is 12.2 Å². The molecular formula is C10H19N2O2S+. The van der Waals surface area contributed by atoms with Crippen molar-refractivity contribution in [1.82, 2.24) is 0 Å². The summed E-state index contributed by atoms with van der Waals surface area (Å²) in [4.78, 5) is 11.5. The van der Waals surface area contributed by atoms with Gasteiger partial charge in [-0.15, -0.1) is 0 Å². The van der Waals surface area contributed by atoms with Crippen molar-refractivity contribution in [3.8, 4) is 0 Å². The Bertz CT molecular complexity index is 265. The number of rotatable bonds is 4. The Kier molecular flexibility index (Phi) is 6.32. The lowest BCUT2D eigenvalue weighted by Gasteiger charge is -2.15. The van der Waals surface area contributed by atoms with Gasteiger partial charge in [0.15, 0.2) is 6.54 Å². The summed E-state index contributed by atoms with van der Waals surface area (Å²) in [6, 6.07) is 0. The van der Waals surface area contributed by atoms with Crippen molar-refractivity contribution < 1.29 is 14.1 Å². The number of nitrogens with two attached hydrogens (primary N) is 1. The maximum absolute atomic E-state index is 11.5. The summed E-state index contributed by atoms with van der Waals surface area (Å²) in [5.41, 5.74) is 4.85. The highest BCUT2D eigenvalue weighted by Gasteiger charge is 2.26. The molecule has 0 aliphatic rings. The topological polar surface area (TPSA) is 55.3 Å². The van der Waals surface area contributed by atoms with Gasteiger partial charge in [-0.05, 0) is 33.7 Å². The Balaban J connectivity index is 4.20. The van der Waals surface area contributed by atoms with Crippen molar-refractivity contribution in [2.24, 2.45) is 5.73 Å². The van der Waals surface area contributed by atoms with E-state index in [4.69, 9.17) is 10.5 Å². The Morgan fingerprint density at radius 3 is 2.47 bits per heavy atom. The molecule has 5 heteroatoms. The first kappa shape index (κ1) is 14.2. The smallest absolute Gasteiger partial charge is 0.406 e. The van der Waals surface area contributed by atoms with Crippen LogP contribution in [0, 0.1) is 0 Å². The maximum Gasteiger partial charge on any atom is 0.607 e. The number of ether oxygens (including phenoxy) is 1. The first-order chi connectivity index (χ1) is 6.90. The zero-order valence-electron chi connectivity index (χ0n) is 9.58. The monoisotopic (exact) mass is 231 g/mol. The highest BCUT2D eigenvalue weighted by atomic mass is 32.1. The van der Waals surface area contributed by atoms with Crippen LogP contribution in [0.25, 0.3) is 0 Å². The SMILES string of the molecule is CC(C)(C)OC(=O)[N+](=C=S)CCCCN. The minimum atomic E-state index is -0.505. The van der Waals surface area contributed by atoms with Crippen molar-refractivity contribution in [2.45, 2.75) is 39.2 Å². The van der Waals surface area contributed by atoms with Crippen LogP contribution in [0.1, 0.15) is 33.6 Å². The fourth-order valence-corrected chi connectivity index (χ4v) is 1.07. The summed E-state index contributed by atoms with van der Waals surface area (Å²) in [5, 5.41) is 2.38. The molecule has 0 rings (SSSR count). The molecule has 0 bridgehead atoms. The van der Waals surface area contributed by atoms with Crippen molar-refractivity contribution in [3.63, 3.8) is 0 Å². The van der Waals surface area contributed by atoms with E-state index in [1.807, 2.05) is 20.8 Å². The molecule has 1 amide bonds. The van der Waals surface area contributed by atoms with Gasteiger partial charge in [0.05, 0.1) is 0 Å². The highest BCUT2D eigenvalue weighted by Crippen LogP contribution is 2.08. The second-order valence-corrected chi connectivity index (χ2v) is 4.40. The van der Waals surface area contributed by atoms with Gasteiger partial charge in [0.2, 0.25) is 0 Å². The number of nitrogens with zero attached hydrogens (tertiary/aromatic N) is 1. The third kappa shape index (κ3) is 7.19. The number of thiocarbonyl (C=S) groups is 1. The second-order valence-electron chi connectivity index (χ2n) is 4.22. The molecule has 0 aromatic carbocycles. The Labute approximate surface area is 96.1 Å². The van der Waals surface area contributed by atoms with E-state index in [9.17, 15) is 4.79 Å². The number of hydrogen-bond donors (Lipinski definition) is 1. The van der Waals surface area contributed by atoms with Gasteiger partial charge in [-0.2, -0.15) is 4.79 Å². The first-order valence-corrected chi connectivity index (χ1v) is 5.40. The van der Waals surface area contributed by atoms with E-state index in [2.05, 4.69) is 17.4 Å². The molecule has 0 atom stereocenters. The van der Waals surface area contributed by atoms with E-state index < -0.39 is 11.7 Å². The molecule has 15 heavy (non-hydrogen) atoms. The quantitative estimate of drug-likeness (QED) is 0.347. The molecule has 0 radical (unpaired) electrons. The van der Waals surface area contributed by atoms with E-state index in [-0.39, 0.29) is 0 Å². The molecule has 2 N–H and O–H groups in total. The zero-order valence-corrected chi connectivity index (χ0v) is 10.4. The van der Waals surface area contributed by atoms with Crippen molar-refractivity contribution in [2.75, 3.05) is 13.1 Å². The lowest BCUT2D eigenvalue weighted by molar-refractivity contribution is -0.443. The molecule has 0 fully saturated rings. The van der Waals surface area contributed by atoms with Crippen LogP contribution < -0.4 is 5.73 Å². The molecule has 0 aromatic heterocycles. The Hall–Kier alpha value is -0.770. The molecule has 0 spiro atoms. The van der Waals surface area contributed by atoms with Crippen molar-refractivity contribution >= 4 is 23.5 Å². The van der Waals surface area contributed by atoms with E-state index in [1.54, 1.807) is 0 Å². The lowest BCUT2D eigenvalue weighted by Crippen LogP contribution is -2.31. The molecule has 0 saturated heterocycles. The van der Waals surface area contributed by atoms with E-state index in [0.29, 0.717) is 13.1 Å². The van der Waals surface area contributed by atoms with E-state index in [0.717, 1.165) is 12.8 Å². The molecule has 0 unspecified atom stereocenters. The predicted octanol–water partition coefficient (Wildman–Crippen LogP) is 1.78. The van der Waals surface area contributed by atoms with Crippen LogP contribution in [0.3, 0.4) is 0 Å². The maximum atomic E-state index is 11.5. The van der Waals surface area contributed by atoms with E-state index >= 15 is 0 Å². The van der Waals surface area contributed by atoms with E-state index in [1.165, 1.54) is 4.58 Å². The standard InChI is InChI=1S/C10H19N2O2S/c1-10(2,3)14-9(13)12(8-15)7-5-4-6-11/h4-7,11H2,1-3H3/q+1. The van der Waals surface area contributed by atoms with Gasteiger partial charge in [0.1, 0.15) is 5.60 Å². The minimum Gasteiger partial charge on any atom is -0.406 e. The van der Waals surface area contributed by atoms with Gasteiger partial charge in [-0.25, -0.2) is 0 Å². The van der Waals surface area contributed by atoms with Crippen LogP contribution in [-0.4, -0.2) is 34.5 Å². The van der Waals surface area contributed by atoms with Crippen LogP contribution in [0.15, 0.2) is 0 Å². The molecule has 0 aliphatic heterocycles. The summed E-state index contributed by atoms with van der Waals surface area (Å²) < 4.78 is 6.42. The van der Waals surface area contributed by atoms with Crippen LogP contribution in [0.5, 0.6) is 0 Å². The van der Waals surface area contributed by atoms with Crippen LogP contribution in [-0.2, 0) is 4.74 Å². The second kappa shape index (κ2) is 6.67. The molecule has 0 saturated carbocycles. The van der Waals surface area contributed by atoms with Gasteiger partial charge in [-0.1, -0.05) is 4.58 Å². The first-order valence-electron chi connectivity index (χ1n) is 4.99. The molecule has 86 valence electrons. The highest BCUT2D eigenvalue weighted by molar-refractivity contribution is 7.78. The van der Waals surface area contributed by atoms with Gasteiger partial charge < -0.3 is 10.5 Å². The van der Waals surface area contributed by atoms with Gasteiger partial charge in [-0.3, -0.25) is 0 Å². The summed E-state index contributed by atoms with van der Waals surface area (Å²) in [5.74, 6) is 0. The number of isothiocyanates is 1. The number of carbonyl (C=O) groups is 1. The fourth-order valence-electron chi connectivity index (χ4n) is 0.905.